The van der Waals surface area contributed by atoms with Crippen molar-refractivity contribution >= 4 is 5.91 Å². The molecule has 28 heavy (non-hydrogen) atoms. The van der Waals surface area contributed by atoms with Gasteiger partial charge in [0.1, 0.15) is 0 Å². The maximum Gasteiger partial charge on any atom is 0.274 e. The third-order valence-corrected chi connectivity index (χ3v) is 6.05. The highest BCUT2D eigenvalue weighted by Gasteiger charge is 2.32. The van der Waals surface area contributed by atoms with E-state index in [0.717, 1.165) is 31.5 Å². The molecule has 1 atom stereocenters. The van der Waals surface area contributed by atoms with Gasteiger partial charge in [-0.2, -0.15) is 5.10 Å². The normalized spacial score (nSPS) is 18.7. The fraction of sp³-hybridized carbons (Fsp3) is 0.545. The number of hydrogen-bond acceptors (Lipinski definition) is 4. The van der Waals surface area contributed by atoms with Gasteiger partial charge in [0.2, 0.25) is 0 Å². The standard InChI is InChI=1S/C22H30N4O2/c1-3-17(2)25-10-9-20-19(16-25)21(22(27)24-11-13-28-14-12-24)23-26(20)15-18-7-5-4-6-8-18/h4-8,17H,3,9-16H2,1-2H3. The highest BCUT2D eigenvalue weighted by molar-refractivity contribution is 5.94. The molecule has 2 aliphatic rings. The Morgan fingerprint density at radius 3 is 2.64 bits per heavy atom. The van der Waals surface area contributed by atoms with Crippen molar-refractivity contribution in [2.75, 3.05) is 32.8 Å². The minimum Gasteiger partial charge on any atom is -0.378 e. The lowest BCUT2D eigenvalue weighted by atomic mass is 10.0. The lowest BCUT2D eigenvalue weighted by Gasteiger charge is -2.33. The van der Waals surface area contributed by atoms with E-state index < -0.39 is 0 Å². The van der Waals surface area contributed by atoms with E-state index in [-0.39, 0.29) is 5.91 Å². The van der Waals surface area contributed by atoms with Crippen molar-refractivity contribution in [3.05, 3.63) is 52.8 Å². The van der Waals surface area contributed by atoms with Crippen molar-refractivity contribution in [3.8, 4) is 0 Å². The van der Waals surface area contributed by atoms with Crippen molar-refractivity contribution in [2.24, 2.45) is 0 Å². The largest absolute Gasteiger partial charge is 0.378 e. The lowest BCUT2D eigenvalue weighted by Crippen LogP contribution is -2.42. The van der Waals surface area contributed by atoms with Gasteiger partial charge in [0.05, 0.1) is 19.8 Å². The van der Waals surface area contributed by atoms with Crippen molar-refractivity contribution in [1.29, 1.82) is 0 Å². The first-order valence-corrected chi connectivity index (χ1v) is 10.4. The minimum absolute atomic E-state index is 0.0531. The number of carbonyl (C=O) groups excluding carboxylic acids is 1. The van der Waals surface area contributed by atoms with E-state index in [4.69, 9.17) is 9.84 Å². The van der Waals surface area contributed by atoms with E-state index in [1.807, 2.05) is 11.0 Å². The first-order chi connectivity index (χ1) is 13.7. The second-order valence-corrected chi connectivity index (χ2v) is 7.80. The topological polar surface area (TPSA) is 50.6 Å². The number of fused-ring (bicyclic) bond motifs is 1. The molecule has 0 N–H and O–H groups in total. The molecule has 0 spiro atoms. The molecule has 0 bridgehead atoms. The predicted octanol–water partition coefficient (Wildman–Crippen LogP) is 2.56. The summed E-state index contributed by atoms with van der Waals surface area (Å²) < 4.78 is 7.48. The Balaban J connectivity index is 1.67. The summed E-state index contributed by atoms with van der Waals surface area (Å²) in [6.07, 6.45) is 2.05. The third-order valence-electron chi connectivity index (χ3n) is 6.05. The molecular weight excluding hydrogens is 352 g/mol. The smallest absolute Gasteiger partial charge is 0.274 e. The number of amides is 1. The molecule has 3 heterocycles. The van der Waals surface area contributed by atoms with Crippen LogP contribution in [0.5, 0.6) is 0 Å². The van der Waals surface area contributed by atoms with E-state index in [1.165, 1.54) is 11.3 Å². The Labute approximate surface area is 167 Å². The van der Waals surface area contributed by atoms with Gasteiger partial charge < -0.3 is 9.64 Å². The average molecular weight is 383 g/mol. The SMILES string of the molecule is CCC(C)N1CCc2c(c(C(=O)N3CCOCC3)nn2Cc2ccccc2)C1. The van der Waals surface area contributed by atoms with E-state index >= 15 is 0 Å². The number of aromatic nitrogens is 2. The summed E-state index contributed by atoms with van der Waals surface area (Å²) >= 11 is 0. The molecule has 1 fully saturated rings. The van der Waals surface area contributed by atoms with Crippen LogP contribution in [0.1, 0.15) is 47.6 Å². The fourth-order valence-corrected chi connectivity index (χ4v) is 4.12. The average Bonchev–Trinajstić information content (AvgIpc) is 3.11. The van der Waals surface area contributed by atoms with E-state index in [0.29, 0.717) is 44.6 Å². The van der Waals surface area contributed by atoms with Crippen LogP contribution in [-0.4, -0.2) is 64.4 Å². The summed E-state index contributed by atoms with van der Waals surface area (Å²) in [6, 6.07) is 10.9. The molecule has 1 saturated heterocycles. The summed E-state index contributed by atoms with van der Waals surface area (Å²) in [5.41, 5.74) is 4.20. The molecule has 2 aliphatic heterocycles. The van der Waals surface area contributed by atoms with Crippen LogP contribution in [0, 0.1) is 0 Å². The summed E-state index contributed by atoms with van der Waals surface area (Å²) in [5.74, 6) is 0.0531. The Morgan fingerprint density at radius 1 is 1.18 bits per heavy atom. The van der Waals surface area contributed by atoms with Crippen LogP contribution in [0.15, 0.2) is 30.3 Å². The van der Waals surface area contributed by atoms with Crippen LogP contribution in [0.25, 0.3) is 0 Å². The number of hydrogen-bond donors (Lipinski definition) is 0. The van der Waals surface area contributed by atoms with Gasteiger partial charge in [0.25, 0.3) is 5.91 Å². The highest BCUT2D eigenvalue weighted by Crippen LogP contribution is 2.26. The Kier molecular flexibility index (Phi) is 5.78. The van der Waals surface area contributed by atoms with Gasteiger partial charge in [-0.05, 0) is 18.9 Å². The quantitative estimate of drug-likeness (QED) is 0.798. The summed E-state index contributed by atoms with van der Waals surface area (Å²) in [5, 5.41) is 4.84. The minimum atomic E-state index is 0.0531. The van der Waals surface area contributed by atoms with Gasteiger partial charge in [-0.15, -0.1) is 0 Å². The van der Waals surface area contributed by atoms with Gasteiger partial charge >= 0.3 is 0 Å². The fourth-order valence-electron chi connectivity index (χ4n) is 4.12. The third kappa shape index (κ3) is 3.84. The van der Waals surface area contributed by atoms with Crippen molar-refractivity contribution in [1.82, 2.24) is 19.6 Å². The first-order valence-electron chi connectivity index (χ1n) is 10.4. The molecule has 4 rings (SSSR count). The zero-order chi connectivity index (χ0) is 19.5. The predicted molar refractivity (Wildman–Crippen MR) is 108 cm³/mol. The first kappa shape index (κ1) is 19.2. The van der Waals surface area contributed by atoms with Crippen LogP contribution < -0.4 is 0 Å². The van der Waals surface area contributed by atoms with Gasteiger partial charge in [0.15, 0.2) is 5.69 Å². The molecule has 1 aromatic heterocycles. The molecule has 6 nitrogen and oxygen atoms in total. The molecule has 1 unspecified atom stereocenters. The van der Waals surface area contributed by atoms with Gasteiger partial charge in [-0.3, -0.25) is 14.4 Å². The second kappa shape index (κ2) is 8.45. The molecule has 6 heteroatoms. The van der Waals surface area contributed by atoms with Gasteiger partial charge in [-0.25, -0.2) is 0 Å². The number of nitrogens with zero attached hydrogens (tertiary/aromatic N) is 4. The zero-order valence-electron chi connectivity index (χ0n) is 16.9. The number of rotatable bonds is 5. The van der Waals surface area contributed by atoms with Crippen LogP contribution in [0.2, 0.25) is 0 Å². The monoisotopic (exact) mass is 382 g/mol. The Hall–Kier alpha value is -2.18. The maximum absolute atomic E-state index is 13.3. The van der Waals surface area contributed by atoms with Crippen molar-refractivity contribution in [3.63, 3.8) is 0 Å². The van der Waals surface area contributed by atoms with Crippen molar-refractivity contribution in [2.45, 2.75) is 45.8 Å². The van der Waals surface area contributed by atoms with Crippen LogP contribution in [-0.2, 0) is 24.2 Å². The molecule has 0 radical (unpaired) electrons. The van der Waals surface area contributed by atoms with Gasteiger partial charge in [-0.1, -0.05) is 37.3 Å². The van der Waals surface area contributed by atoms with E-state index in [1.54, 1.807) is 0 Å². The molecule has 0 saturated carbocycles. The van der Waals surface area contributed by atoms with Crippen LogP contribution >= 0.6 is 0 Å². The number of carbonyl (C=O) groups is 1. The zero-order valence-corrected chi connectivity index (χ0v) is 16.9. The molecule has 0 aliphatic carbocycles. The molecule has 2 aromatic rings. The molecule has 150 valence electrons. The number of benzene rings is 1. The summed E-state index contributed by atoms with van der Waals surface area (Å²) in [4.78, 5) is 17.6. The Morgan fingerprint density at radius 2 is 1.93 bits per heavy atom. The van der Waals surface area contributed by atoms with Crippen molar-refractivity contribution < 1.29 is 9.53 Å². The van der Waals surface area contributed by atoms with Crippen LogP contribution in [0.3, 0.4) is 0 Å². The molecular formula is C22H30N4O2. The lowest BCUT2D eigenvalue weighted by molar-refractivity contribution is 0.0296. The van der Waals surface area contributed by atoms with Crippen LogP contribution in [0.4, 0.5) is 0 Å². The Bertz CT molecular complexity index is 811. The molecule has 1 aromatic carbocycles. The van der Waals surface area contributed by atoms with Gasteiger partial charge in [0, 0.05) is 49.9 Å². The summed E-state index contributed by atoms with van der Waals surface area (Å²) in [6.45, 7) is 9.54. The maximum atomic E-state index is 13.3. The summed E-state index contributed by atoms with van der Waals surface area (Å²) in [7, 11) is 0. The van der Waals surface area contributed by atoms with E-state index in [9.17, 15) is 4.79 Å². The number of ether oxygens (including phenoxy) is 1. The second-order valence-electron chi connectivity index (χ2n) is 7.80. The van der Waals surface area contributed by atoms with E-state index in [2.05, 4.69) is 47.7 Å². The molecule has 1 amide bonds. The highest BCUT2D eigenvalue weighted by atomic mass is 16.5. The number of morpholine rings is 1.